The van der Waals surface area contributed by atoms with Crippen molar-refractivity contribution < 1.29 is 14.3 Å². The number of aryl methyl sites for hydroxylation is 1. The van der Waals surface area contributed by atoms with Gasteiger partial charge in [-0.15, -0.1) is 0 Å². The Morgan fingerprint density at radius 3 is 2.58 bits per heavy atom. The molecule has 1 aliphatic rings. The summed E-state index contributed by atoms with van der Waals surface area (Å²) in [5, 5.41) is 4.63. The predicted molar refractivity (Wildman–Crippen MR) is 152 cm³/mol. The van der Waals surface area contributed by atoms with Crippen LogP contribution in [0.15, 0.2) is 65.1 Å². The highest BCUT2D eigenvalue weighted by atomic mass is 79.9. The van der Waals surface area contributed by atoms with E-state index in [1.165, 1.54) is 0 Å². The number of piperidine rings is 1. The molecule has 7 nitrogen and oxygen atoms in total. The molecule has 38 heavy (non-hydrogen) atoms. The van der Waals surface area contributed by atoms with Gasteiger partial charge in [0.15, 0.2) is 0 Å². The smallest absolute Gasteiger partial charge is 0.272 e. The van der Waals surface area contributed by atoms with E-state index in [2.05, 4.69) is 34.9 Å². The minimum Gasteiger partial charge on any atom is -0.490 e. The fourth-order valence-corrected chi connectivity index (χ4v) is 5.26. The standard InChI is InChI=1S/C30H37BrN4O3/c1-5-35-27(18-26(32-35)21(2)3)30(37)34-15-14-28(38-25-13-9-12-24(31)17-25)23(20-34)16-29(36)33(4)19-22-10-7-6-8-11-22/h6-13,17-18,21,23,28H,5,14-16,19-20H2,1-4H3/t23-,28-/m0/s1. The second-order valence-electron chi connectivity index (χ2n) is 10.3. The van der Waals surface area contributed by atoms with Gasteiger partial charge in [0.25, 0.3) is 5.91 Å². The number of hydrogen-bond acceptors (Lipinski definition) is 4. The zero-order chi connectivity index (χ0) is 27.2. The summed E-state index contributed by atoms with van der Waals surface area (Å²) in [6.07, 6.45) is 0.774. The van der Waals surface area contributed by atoms with Gasteiger partial charge >= 0.3 is 0 Å². The van der Waals surface area contributed by atoms with E-state index in [1.807, 2.05) is 79.5 Å². The van der Waals surface area contributed by atoms with Crippen LogP contribution in [0.1, 0.15) is 61.3 Å². The highest BCUT2D eigenvalue weighted by Crippen LogP contribution is 2.29. The molecule has 0 N–H and O–H groups in total. The van der Waals surface area contributed by atoms with Gasteiger partial charge < -0.3 is 14.5 Å². The van der Waals surface area contributed by atoms with Crippen LogP contribution < -0.4 is 4.74 Å². The van der Waals surface area contributed by atoms with Crippen LogP contribution in [0.5, 0.6) is 5.75 Å². The van der Waals surface area contributed by atoms with Crippen LogP contribution in [-0.4, -0.2) is 57.6 Å². The normalized spacial score (nSPS) is 17.5. The molecule has 2 aromatic carbocycles. The maximum atomic E-state index is 13.7. The minimum absolute atomic E-state index is 0.0386. The van der Waals surface area contributed by atoms with Crippen molar-refractivity contribution in [3.8, 4) is 5.75 Å². The highest BCUT2D eigenvalue weighted by Gasteiger charge is 2.36. The van der Waals surface area contributed by atoms with Crippen LogP contribution in [0.4, 0.5) is 0 Å². The fraction of sp³-hybridized carbons (Fsp3) is 0.433. The SMILES string of the molecule is CCn1nc(C(C)C)cc1C(=O)N1CC[C@H](Oc2cccc(Br)c2)[C@@H](CC(=O)N(C)Cc2ccccc2)C1. The number of ether oxygens (including phenoxy) is 1. The maximum absolute atomic E-state index is 13.7. The number of carbonyl (C=O) groups excluding carboxylic acids is 2. The third-order valence-electron chi connectivity index (χ3n) is 7.07. The van der Waals surface area contributed by atoms with Gasteiger partial charge in [0.1, 0.15) is 17.5 Å². The second-order valence-corrected chi connectivity index (χ2v) is 11.2. The Morgan fingerprint density at radius 1 is 1.13 bits per heavy atom. The molecule has 3 aromatic rings. The molecule has 1 saturated heterocycles. The Kier molecular flexibility index (Phi) is 9.26. The summed E-state index contributed by atoms with van der Waals surface area (Å²) in [5.41, 5.74) is 2.60. The van der Waals surface area contributed by atoms with E-state index in [9.17, 15) is 9.59 Å². The molecular formula is C30H37BrN4O3. The first-order valence-corrected chi connectivity index (χ1v) is 14.1. The lowest BCUT2D eigenvalue weighted by Crippen LogP contribution is -2.49. The fourth-order valence-electron chi connectivity index (χ4n) is 4.88. The number of carbonyl (C=O) groups is 2. The van der Waals surface area contributed by atoms with Crippen LogP contribution in [0, 0.1) is 5.92 Å². The maximum Gasteiger partial charge on any atom is 0.272 e. The number of aromatic nitrogens is 2. The summed E-state index contributed by atoms with van der Waals surface area (Å²) in [4.78, 5) is 30.6. The third-order valence-corrected chi connectivity index (χ3v) is 7.56. The minimum atomic E-state index is -0.176. The first kappa shape index (κ1) is 27.9. The average Bonchev–Trinajstić information content (AvgIpc) is 3.35. The van der Waals surface area contributed by atoms with Gasteiger partial charge in [-0.3, -0.25) is 14.3 Å². The Balaban J connectivity index is 1.52. The van der Waals surface area contributed by atoms with Crippen LogP contribution in [-0.2, 0) is 17.9 Å². The highest BCUT2D eigenvalue weighted by molar-refractivity contribution is 9.10. The summed E-state index contributed by atoms with van der Waals surface area (Å²) in [5.74, 6) is 0.855. The van der Waals surface area contributed by atoms with Gasteiger partial charge in [-0.2, -0.15) is 5.10 Å². The number of amides is 2. The van der Waals surface area contributed by atoms with Gasteiger partial charge in [0.2, 0.25) is 5.91 Å². The molecule has 1 fully saturated rings. The Bertz CT molecular complexity index is 1240. The Hall–Kier alpha value is -3.13. The van der Waals surface area contributed by atoms with Crippen molar-refractivity contribution in [2.45, 2.75) is 58.7 Å². The largest absolute Gasteiger partial charge is 0.490 e. The van der Waals surface area contributed by atoms with E-state index >= 15 is 0 Å². The van der Waals surface area contributed by atoms with Crippen molar-refractivity contribution in [1.29, 1.82) is 0 Å². The van der Waals surface area contributed by atoms with Crippen molar-refractivity contribution >= 4 is 27.7 Å². The van der Waals surface area contributed by atoms with Crippen molar-refractivity contribution in [2.24, 2.45) is 5.92 Å². The first-order chi connectivity index (χ1) is 18.2. The predicted octanol–water partition coefficient (Wildman–Crippen LogP) is 5.75. The monoisotopic (exact) mass is 580 g/mol. The number of benzene rings is 2. The zero-order valence-electron chi connectivity index (χ0n) is 22.6. The van der Waals surface area contributed by atoms with Gasteiger partial charge in [0, 0.05) is 56.5 Å². The molecule has 2 heterocycles. The van der Waals surface area contributed by atoms with Crippen molar-refractivity contribution in [3.63, 3.8) is 0 Å². The lowest BCUT2D eigenvalue weighted by atomic mass is 9.90. The molecule has 2 amide bonds. The summed E-state index contributed by atoms with van der Waals surface area (Å²) < 4.78 is 9.13. The topological polar surface area (TPSA) is 67.7 Å². The molecule has 2 atom stereocenters. The van der Waals surface area contributed by atoms with Crippen LogP contribution in [0.3, 0.4) is 0 Å². The molecule has 0 bridgehead atoms. The number of halogens is 1. The number of hydrogen-bond donors (Lipinski definition) is 0. The molecule has 0 unspecified atom stereocenters. The third kappa shape index (κ3) is 6.84. The van der Waals surface area contributed by atoms with E-state index in [1.54, 1.807) is 9.58 Å². The molecule has 8 heteroatoms. The van der Waals surface area contributed by atoms with Crippen molar-refractivity contribution in [1.82, 2.24) is 19.6 Å². The van der Waals surface area contributed by atoms with E-state index in [4.69, 9.17) is 4.74 Å². The van der Waals surface area contributed by atoms with Gasteiger partial charge in [0.05, 0.1) is 5.69 Å². The molecule has 0 spiro atoms. The van der Waals surface area contributed by atoms with Crippen LogP contribution >= 0.6 is 15.9 Å². The zero-order valence-corrected chi connectivity index (χ0v) is 24.2. The number of nitrogens with zero attached hydrogens (tertiary/aromatic N) is 4. The summed E-state index contributed by atoms with van der Waals surface area (Å²) in [6, 6.07) is 19.6. The van der Waals surface area contributed by atoms with Crippen molar-refractivity contribution in [2.75, 3.05) is 20.1 Å². The van der Waals surface area contributed by atoms with Gasteiger partial charge in [-0.05, 0) is 42.7 Å². The number of rotatable bonds is 9. The molecule has 1 aromatic heterocycles. The molecule has 4 rings (SSSR count). The second kappa shape index (κ2) is 12.6. The molecule has 0 aliphatic carbocycles. The molecule has 0 radical (unpaired) electrons. The van der Waals surface area contributed by atoms with E-state index in [0.29, 0.717) is 44.7 Å². The van der Waals surface area contributed by atoms with Crippen molar-refractivity contribution in [3.05, 3.63) is 82.1 Å². The Morgan fingerprint density at radius 2 is 1.89 bits per heavy atom. The summed E-state index contributed by atoms with van der Waals surface area (Å²) in [6.45, 7) is 8.34. The van der Waals surface area contributed by atoms with Crippen LogP contribution in [0.2, 0.25) is 0 Å². The molecule has 0 saturated carbocycles. The van der Waals surface area contributed by atoms with E-state index in [-0.39, 0.29) is 29.8 Å². The first-order valence-electron chi connectivity index (χ1n) is 13.3. The average molecular weight is 582 g/mol. The van der Waals surface area contributed by atoms with Gasteiger partial charge in [-0.25, -0.2) is 0 Å². The molecular weight excluding hydrogens is 544 g/mol. The number of likely N-dealkylation sites (tertiary alicyclic amines) is 1. The van der Waals surface area contributed by atoms with E-state index < -0.39 is 0 Å². The van der Waals surface area contributed by atoms with Gasteiger partial charge in [-0.1, -0.05) is 66.2 Å². The Labute approximate surface area is 233 Å². The van der Waals surface area contributed by atoms with Crippen LogP contribution in [0.25, 0.3) is 0 Å². The molecule has 1 aliphatic heterocycles. The summed E-state index contributed by atoms with van der Waals surface area (Å²) >= 11 is 3.51. The van der Waals surface area contributed by atoms with E-state index in [0.717, 1.165) is 21.5 Å². The lowest BCUT2D eigenvalue weighted by molar-refractivity contribution is -0.133. The lowest BCUT2D eigenvalue weighted by Gasteiger charge is -2.39. The molecule has 202 valence electrons. The summed E-state index contributed by atoms with van der Waals surface area (Å²) in [7, 11) is 1.83. The quantitative estimate of drug-likeness (QED) is 0.323.